The molecule has 3 unspecified atom stereocenters. The van der Waals surface area contributed by atoms with Gasteiger partial charge >= 0.3 is 5.97 Å². The molecule has 0 spiro atoms. The fraction of sp³-hybridized carbons (Fsp3) is 0.394. The van der Waals surface area contributed by atoms with Crippen LogP contribution in [0.1, 0.15) is 52.0 Å². The second-order valence-corrected chi connectivity index (χ2v) is 10.6. The number of allylic oxidation sites excluding steroid dienone is 7. The molecule has 7 heteroatoms. The van der Waals surface area contributed by atoms with Crippen LogP contribution in [0, 0.1) is 17.8 Å². The third-order valence-electron chi connectivity index (χ3n) is 7.40. The molecule has 1 aromatic carbocycles. The van der Waals surface area contributed by atoms with Gasteiger partial charge in [-0.3, -0.25) is 9.59 Å². The number of carbonyl (C=O) groups excluding carboxylic acids is 1. The lowest BCUT2D eigenvalue weighted by atomic mass is 9.83. The minimum Gasteiger partial charge on any atom is -0.481 e. The molecule has 0 saturated carbocycles. The number of carbonyl (C=O) groups is 2. The first-order valence-electron chi connectivity index (χ1n) is 13.9. The molecule has 40 heavy (non-hydrogen) atoms. The number of hydrogen-bond donors (Lipinski definition) is 3. The van der Waals surface area contributed by atoms with E-state index in [1.807, 2.05) is 61.6 Å². The van der Waals surface area contributed by atoms with Crippen molar-refractivity contribution in [3.63, 3.8) is 0 Å². The van der Waals surface area contributed by atoms with Crippen molar-refractivity contribution in [2.75, 3.05) is 13.2 Å². The number of hydrogen-bond acceptors (Lipinski definition) is 4. The van der Waals surface area contributed by atoms with Crippen molar-refractivity contribution in [1.82, 2.24) is 10.2 Å². The number of halogens is 1. The third kappa shape index (κ3) is 7.69. The number of aliphatic hydroxyl groups is 1. The Kier molecular flexibility index (Phi) is 11.3. The number of nitrogens with one attached hydrogen (secondary N) is 1. The minimum absolute atomic E-state index is 0.0353. The number of nitrogens with zero attached hydrogens (tertiary/aromatic N) is 1. The molecule has 0 radical (unpaired) electrons. The Labute approximate surface area is 237 Å². The second-order valence-electron chi connectivity index (χ2n) is 10.6. The van der Waals surface area contributed by atoms with E-state index < -0.39 is 23.6 Å². The Bertz CT molecular complexity index is 1230. The summed E-state index contributed by atoms with van der Waals surface area (Å²) in [5, 5.41) is 22.4. The topological polar surface area (TPSA) is 89.9 Å². The van der Waals surface area contributed by atoms with Crippen LogP contribution in [0.3, 0.4) is 0 Å². The van der Waals surface area contributed by atoms with E-state index in [4.69, 9.17) is 0 Å². The lowest BCUT2D eigenvalue weighted by molar-refractivity contribution is -0.138. The van der Waals surface area contributed by atoms with Crippen LogP contribution in [0.25, 0.3) is 5.57 Å². The quantitative estimate of drug-likeness (QED) is 0.257. The summed E-state index contributed by atoms with van der Waals surface area (Å²) < 4.78 is 13.8. The second kappa shape index (κ2) is 14.6. The van der Waals surface area contributed by atoms with Gasteiger partial charge in [-0.15, -0.1) is 0 Å². The molecule has 1 aliphatic heterocycles. The van der Waals surface area contributed by atoms with Crippen molar-refractivity contribution in [3.8, 4) is 0 Å². The number of rotatable bonds is 13. The van der Waals surface area contributed by atoms with Crippen LogP contribution < -0.4 is 5.32 Å². The molecule has 1 heterocycles. The smallest absolute Gasteiger partial charge is 0.303 e. The Morgan fingerprint density at radius 2 is 1.93 bits per heavy atom. The van der Waals surface area contributed by atoms with E-state index in [9.17, 15) is 24.2 Å². The van der Waals surface area contributed by atoms with Crippen LogP contribution in [0.5, 0.6) is 0 Å². The summed E-state index contributed by atoms with van der Waals surface area (Å²) >= 11 is 0. The van der Waals surface area contributed by atoms with E-state index in [0.717, 1.165) is 40.9 Å². The molecule has 3 N–H and O–H groups in total. The van der Waals surface area contributed by atoms with Crippen molar-refractivity contribution < 1.29 is 24.2 Å². The van der Waals surface area contributed by atoms with Crippen molar-refractivity contribution in [3.05, 3.63) is 102 Å². The van der Waals surface area contributed by atoms with E-state index >= 15 is 0 Å². The Morgan fingerprint density at radius 1 is 1.20 bits per heavy atom. The van der Waals surface area contributed by atoms with Gasteiger partial charge in [0.2, 0.25) is 5.91 Å². The first kappa shape index (κ1) is 30.8. The summed E-state index contributed by atoms with van der Waals surface area (Å²) in [6.45, 7) is 9.53. The molecule has 0 fully saturated rings. The first-order chi connectivity index (χ1) is 19.2. The van der Waals surface area contributed by atoms with Crippen LogP contribution in [-0.4, -0.2) is 46.2 Å². The monoisotopic (exact) mass is 548 g/mol. The molecular formula is C33H41FN2O4. The molecule has 1 aliphatic carbocycles. The zero-order valence-electron chi connectivity index (χ0n) is 23.6. The minimum atomic E-state index is -0.966. The molecular weight excluding hydrogens is 507 g/mol. The van der Waals surface area contributed by atoms with Crippen LogP contribution in [0.15, 0.2) is 96.2 Å². The zero-order chi connectivity index (χ0) is 29.2. The number of carboxylic acids is 1. The highest BCUT2D eigenvalue weighted by Crippen LogP contribution is 2.46. The number of aliphatic carboxylic acids is 1. The average molecular weight is 549 g/mol. The van der Waals surface area contributed by atoms with Gasteiger partial charge in [-0.1, -0.05) is 75.1 Å². The molecule has 6 nitrogen and oxygen atoms in total. The van der Waals surface area contributed by atoms with Crippen molar-refractivity contribution in [2.24, 2.45) is 17.8 Å². The van der Waals surface area contributed by atoms with Crippen molar-refractivity contribution in [2.45, 2.75) is 52.5 Å². The van der Waals surface area contributed by atoms with Gasteiger partial charge in [0.15, 0.2) is 0 Å². The van der Waals surface area contributed by atoms with Crippen LogP contribution in [0.4, 0.5) is 4.39 Å². The summed E-state index contributed by atoms with van der Waals surface area (Å²) in [7, 11) is 0. The van der Waals surface area contributed by atoms with Gasteiger partial charge in [-0.2, -0.15) is 0 Å². The number of benzene rings is 1. The van der Waals surface area contributed by atoms with Gasteiger partial charge in [-0.25, -0.2) is 4.39 Å². The van der Waals surface area contributed by atoms with Crippen LogP contribution in [0.2, 0.25) is 0 Å². The van der Waals surface area contributed by atoms with Gasteiger partial charge in [-0.05, 0) is 66.9 Å². The maximum atomic E-state index is 14.1. The predicted octanol–water partition coefficient (Wildman–Crippen LogP) is 6.16. The molecule has 0 bridgehead atoms. The highest BCUT2D eigenvalue weighted by molar-refractivity contribution is 5.97. The van der Waals surface area contributed by atoms with Gasteiger partial charge in [0, 0.05) is 30.6 Å². The summed E-state index contributed by atoms with van der Waals surface area (Å²) in [6, 6.07) is 9.46. The fourth-order valence-corrected chi connectivity index (χ4v) is 5.59. The summed E-state index contributed by atoms with van der Waals surface area (Å²) in [6.07, 6.45) is 12.9. The molecule has 1 aromatic rings. The van der Waals surface area contributed by atoms with Crippen molar-refractivity contribution in [1.29, 1.82) is 0 Å². The third-order valence-corrected chi connectivity index (χ3v) is 7.40. The largest absolute Gasteiger partial charge is 0.481 e. The van der Waals surface area contributed by atoms with E-state index in [-0.39, 0.29) is 30.9 Å². The molecule has 2 aliphatic rings. The summed E-state index contributed by atoms with van der Waals surface area (Å²) in [4.78, 5) is 27.7. The Balaban J connectivity index is 2.21. The molecule has 3 atom stereocenters. The molecule has 0 saturated heterocycles. The van der Waals surface area contributed by atoms with Gasteiger partial charge in [0.1, 0.15) is 5.83 Å². The summed E-state index contributed by atoms with van der Waals surface area (Å²) in [5.41, 5.74) is 4.01. The van der Waals surface area contributed by atoms with E-state index in [1.54, 1.807) is 6.08 Å². The van der Waals surface area contributed by atoms with Crippen molar-refractivity contribution >= 4 is 17.4 Å². The number of carboxylic acid groups (broad SMARTS) is 1. The number of amides is 1. The van der Waals surface area contributed by atoms with E-state index in [0.29, 0.717) is 13.0 Å². The molecule has 1 amide bonds. The number of aliphatic hydroxyl groups excluding tert-OH is 1. The molecule has 214 valence electrons. The lowest BCUT2D eigenvalue weighted by Gasteiger charge is -2.36. The fourth-order valence-electron chi connectivity index (χ4n) is 5.59. The molecule has 0 aromatic heterocycles. The van der Waals surface area contributed by atoms with Gasteiger partial charge < -0.3 is 20.4 Å². The van der Waals surface area contributed by atoms with Gasteiger partial charge in [0.25, 0.3) is 0 Å². The van der Waals surface area contributed by atoms with E-state index in [2.05, 4.69) is 30.6 Å². The SMILES string of the molecule is C=C(F)/C=C\C(=C/C)C1=C(c2ccccc2)C(C(=O)NC2=CCCC=C2)C(C(C)C)N1CCC(CO)CC(=O)O. The summed E-state index contributed by atoms with van der Waals surface area (Å²) in [5.74, 6) is -2.64. The Hall–Kier alpha value is -3.71. The van der Waals surface area contributed by atoms with E-state index in [1.165, 1.54) is 6.08 Å². The lowest BCUT2D eigenvalue weighted by Crippen LogP contribution is -2.45. The highest BCUT2D eigenvalue weighted by Gasteiger charge is 2.46. The van der Waals surface area contributed by atoms with Crippen LogP contribution >= 0.6 is 0 Å². The van der Waals surface area contributed by atoms with Crippen LogP contribution in [-0.2, 0) is 9.59 Å². The predicted molar refractivity (Wildman–Crippen MR) is 157 cm³/mol. The van der Waals surface area contributed by atoms with Gasteiger partial charge in [0.05, 0.1) is 12.3 Å². The zero-order valence-corrected chi connectivity index (χ0v) is 23.6. The maximum absolute atomic E-state index is 14.1. The molecule has 3 rings (SSSR count). The first-order valence-corrected chi connectivity index (χ1v) is 13.9. The average Bonchev–Trinajstić information content (AvgIpc) is 3.27. The standard InChI is InChI=1S/C33H41FN2O4/c1-5-25(17-16-23(4)34)32-29(26-12-8-6-9-13-26)30(33(40)35-27-14-10-7-11-15-27)31(22(2)3)36(32)19-18-24(21-37)20-28(38)39/h5-6,8-10,12-17,22,24,30-31,37H,4,7,11,18-21H2,1-3H3,(H,35,40)(H,38,39)/b17-16-,25-5+. The normalized spacial score (nSPS) is 20.3. The highest BCUT2D eigenvalue weighted by atomic mass is 19.1. The maximum Gasteiger partial charge on any atom is 0.303 e. The Morgan fingerprint density at radius 3 is 2.48 bits per heavy atom.